The number of nitrogens with zero attached hydrogens (tertiary/aromatic N) is 3. The zero-order chi connectivity index (χ0) is 23.3. The SMILES string of the molecule is N#Cc1ccc(S(=O)(=O)NCCCN2CC3CN(CCc4ccccc4F)CC(C2)O3)cc1. The second-order valence-corrected chi connectivity index (χ2v) is 10.4. The summed E-state index contributed by atoms with van der Waals surface area (Å²) >= 11 is 0. The van der Waals surface area contributed by atoms with Crippen molar-refractivity contribution < 1.29 is 17.5 Å². The van der Waals surface area contributed by atoms with Crippen LogP contribution in [0.4, 0.5) is 4.39 Å². The molecule has 9 heteroatoms. The lowest BCUT2D eigenvalue weighted by atomic mass is 10.1. The summed E-state index contributed by atoms with van der Waals surface area (Å²) in [7, 11) is -3.58. The molecule has 176 valence electrons. The maximum Gasteiger partial charge on any atom is 0.240 e. The van der Waals surface area contributed by atoms with Crippen molar-refractivity contribution in [1.82, 2.24) is 14.5 Å². The van der Waals surface area contributed by atoms with Gasteiger partial charge in [0, 0.05) is 39.3 Å². The average Bonchev–Trinajstić information content (AvgIpc) is 2.81. The van der Waals surface area contributed by atoms with Crippen molar-refractivity contribution >= 4 is 10.0 Å². The average molecular weight is 473 g/mol. The molecule has 7 nitrogen and oxygen atoms in total. The Morgan fingerprint density at radius 2 is 1.64 bits per heavy atom. The highest BCUT2D eigenvalue weighted by Gasteiger charge is 2.34. The number of fused-ring (bicyclic) bond motifs is 2. The van der Waals surface area contributed by atoms with Gasteiger partial charge in [0.1, 0.15) is 5.82 Å². The highest BCUT2D eigenvalue weighted by molar-refractivity contribution is 7.89. The van der Waals surface area contributed by atoms with E-state index in [4.69, 9.17) is 10.00 Å². The van der Waals surface area contributed by atoms with Crippen LogP contribution in [0.5, 0.6) is 0 Å². The molecule has 0 aliphatic carbocycles. The second kappa shape index (κ2) is 10.7. The molecule has 0 spiro atoms. The van der Waals surface area contributed by atoms with Crippen LogP contribution in [0.15, 0.2) is 53.4 Å². The number of nitrogens with one attached hydrogen (secondary N) is 1. The van der Waals surface area contributed by atoms with Gasteiger partial charge < -0.3 is 4.74 Å². The molecule has 2 unspecified atom stereocenters. The molecule has 2 aromatic carbocycles. The van der Waals surface area contributed by atoms with E-state index in [1.54, 1.807) is 6.07 Å². The topological polar surface area (TPSA) is 85.7 Å². The lowest BCUT2D eigenvalue weighted by Gasteiger charge is -2.46. The fourth-order valence-electron chi connectivity index (χ4n) is 4.51. The van der Waals surface area contributed by atoms with Gasteiger partial charge in [-0.1, -0.05) is 18.2 Å². The van der Waals surface area contributed by atoms with Crippen molar-refractivity contribution in [3.8, 4) is 6.07 Å². The first-order valence-corrected chi connectivity index (χ1v) is 12.7. The summed E-state index contributed by atoms with van der Waals surface area (Å²) in [5.41, 5.74) is 1.18. The lowest BCUT2D eigenvalue weighted by molar-refractivity contribution is -0.138. The third-order valence-corrected chi connectivity index (χ3v) is 7.60. The Bertz CT molecular complexity index is 1070. The van der Waals surface area contributed by atoms with Crippen LogP contribution in [0, 0.1) is 17.1 Å². The minimum Gasteiger partial charge on any atom is -0.370 e. The molecule has 0 radical (unpaired) electrons. The largest absolute Gasteiger partial charge is 0.370 e. The summed E-state index contributed by atoms with van der Waals surface area (Å²) in [6, 6.07) is 14.8. The van der Waals surface area contributed by atoms with E-state index in [0.29, 0.717) is 24.9 Å². The molecule has 2 bridgehead atoms. The first-order valence-electron chi connectivity index (χ1n) is 11.3. The first-order chi connectivity index (χ1) is 15.9. The summed E-state index contributed by atoms with van der Waals surface area (Å²) in [5.74, 6) is -0.146. The van der Waals surface area contributed by atoms with Gasteiger partial charge in [-0.25, -0.2) is 17.5 Å². The Labute approximate surface area is 194 Å². The van der Waals surface area contributed by atoms with E-state index in [9.17, 15) is 12.8 Å². The third kappa shape index (κ3) is 6.37. The van der Waals surface area contributed by atoms with Crippen molar-refractivity contribution in [3.63, 3.8) is 0 Å². The highest BCUT2D eigenvalue weighted by Crippen LogP contribution is 2.20. The van der Waals surface area contributed by atoms with Crippen molar-refractivity contribution in [3.05, 3.63) is 65.5 Å². The van der Waals surface area contributed by atoms with Gasteiger partial charge in [0.2, 0.25) is 10.0 Å². The van der Waals surface area contributed by atoms with Crippen LogP contribution < -0.4 is 4.72 Å². The predicted molar refractivity (Wildman–Crippen MR) is 123 cm³/mol. The zero-order valence-corrected chi connectivity index (χ0v) is 19.3. The fraction of sp³-hybridized carbons (Fsp3) is 0.458. The van der Waals surface area contributed by atoms with Gasteiger partial charge in [-0.3, -0.25) is 9.80 Å². The standard InChI is InChI=1S/C24H29FN4O3S/c25-24-5-2-1-4-20(24)10-13-29-17-21-15-28(16-22(18-29)32-21)12-3-11-27-33(30,31)23-8-6-19(14-26)7-9-23/h1-2,4-9,21-22,27H,3,10-13,15-18H2. The number of benzene rings is 2. The number of hydrogen-bond acceptors (Lipinski definition) is 6. The first kappa shape index (κ1) is 23.8. The molecule has 2 atom stereocenters. The fourth-order valence-corrected chi connectivity index (χ4v) is 5.58. The number of sulfonamides is 1. The van der Waals surface area contributed by atoms with E-state index in [-0.39, 0.29) is 22.9 Å². The Morgan fingerprint density at radius 1 is 1.00 bits per heavy atom. The normalized spacial score (nSPS) is 21.6. The minimum atomic E-state index is -3.58. The molecule has 4 rings (SSSR count). The Morgan fingerprint density at radius 3 is 2.27 bits per heavy atom. The van der Waals surface area contributed by atoms with Crippen LogP contribution >= 0.6 is 0 Å². The monoisotopic (exact) mass is 472 g/mol. The van der Waals surface area contributed by atoms with E-state index in [1.807, 2.05) is 18.2 Å². The number of nitriles is 1. The highest BCUT2D eigenvalue weighted by atomic mass is 32.2. The van der Waals surface area contributed by atoms with Crippen LogP contribution in [-0.4, -0.2) is 76.2 Å². The molecule has 0 saturated carbocycles. The van der Waals surface area contributed by atoms with Crippen molar-refractivity contribution in [1.29, 1.82) is 5.26 Å². The molecule has 2 aliphatic rings. The van der Waals surface area contributed by atoms with Gasteiger partial charge in [-0.05, 0) is 55.3 Å². The zero-order valence-electron chi connectivity index (χ0n) is 18.5. The van der Waals surface area contributed by atoms with Gasteiger partial charge in [-0.15, -0.1) is 0 Å². The predicted octanol–water partition coefficient (Wildman–Crippen LogP) is 1.99. The molecule has 2 fully saturated rings. The summed E-state index contributed by atoms with van der Waals surface area (Å²) in [6.07, 6.45) is 1.63. The molecule has 2 heterocycles. The molecule has 2 aromatic rings. The van der Waals surface area contributed by atoms with Crippen molar-refractivity contribution in [2.24, 2.45) is 0 Å². The minimum absolute atomic E-state index is 0.119. The maximum absolute atomic E-state index is 13.9. The summed E-state index contributed by atoms with van der Waals surface area (Å²) in [5, 5.41) is 8.84. The lowest BCUT2D eigenvalue weighted by Crippen LogP contribution is -2.59. The van der Waals surface area contributed by atoms with Crippen LogP contribution in [0.3, 0.4) is 0 Å². The van der Waals surface area contributed by atoms with Crippen LogP contribution in [0.1, 0.15) is 17.5 Å². The molecule has 0 amide bonds. The number of halogens is 1. The van der Waals surface area contributed by atoms with Crippen molar-refractivity contribution in [2.45, 2.75) is 29.9 Å². The summed E-state index contributed by atoms with van der Waals surface area (Å²) in [6.45, 7) is 5.24. The molecule has 2 saturated heterocycles. The Kier molecular flexibility index (Phi) is 7.73. The number of morpholine rings is 2. The number of hydrogen-bond donors (Lipinski definition) is 1. The molecule has 2 aliphatic heterocycles. The van der Waals surface area contributed by atoms with Crippen molar-refractivity contribution in [2.75, 3.05) is 45.8 Å². The number of ether oxygens (including phenoxy) is 1. The molecular formula is C24H29FN4O3S. The number of rotatable bonds is 9. The van der Waals surface area contributed by atoms with E-state index in [1.165, 1.54) is 30.3 Å². The smallest absolute Gasteiger partial charge is 0.240 e. The van der Waals surface area contributed by atoms with E-state index in [2.05, 4.69) is 14.5 Å². The summed E-state index contributed by atoms with van der Waals surface area (Å²) < 4.78 is 47.4. The molecular weight excluding hydrogens is 443 g/mol. The van der Waals surface area contributed by atoms with Gasteiger partial charge >= 0.3 is 0 Å². The molecule has 0 aromatic heterocycles. The maximum atomic E-state index is 13.9. The van der Waals surface area contributed by atoms with E-state index >= 15 is 0 Å². The van der Waals surface area contributed by atoms with Crippen LogP contribution in [-0.2, 0) is 21.2 Å². The molecule has 1 N–H and O–H groups in total. The second-order valence-electron chi connectivity index (χ2n) is 8.63. The molecule has 33 heavy (non-hydrogen) atoms. The van der Waals surface area contributed by atoms with E-state index < -0.39 is 10.0 Å². The van der Waals surface area contributed by atoms with Crippen LogP contribution in [0.25, 0.3) is 0 Å². The Balaban J connectivity index is 1.19. The van der Waals surface area contributed by atoms with Gasteiger partial charge in [0.25, 0.3) is 0 Å². The Hall–Kier alpha value is -2.35. The van der Waals surface area contributed by atoms with Crippen LogP contribution in [0.2, 0.25) is 0 Å². The third-order valence-electron chi connectivity index (χ3n) is 6.12. The quantitative estimate of drug-likeness (QED) is 0.562. The van der Waals surface area contributed by atoms with Gasteiger partial charge in [0.05, 0.1) is 28.7 Å². The van der Waals surface area contributed by atoms with E-state index in [0.717, 1.165) is 44.8 Å². The summed E-state index contributed by atoms with van der Waals surface area (Å²) in [4.78, 5) is 4.86. The van der Waals surface area contributed by atoms with Gasteiger partial charge in [0.15, 0.2) is 0 Å². The van der Waals surface area contributed by atoms with Gasteiger partial charge in [-0.2, -0.15) is 5.26 Å².